The average molecular weight is 432 g/mol. The van der Waals surface area contributed by atoms with E-state index in [4.69, 9.17) is 11.6 Å². The predicted octanol–water partition coefficient (Wildman–Crippen LogP) is 2.68. The second-order valence-electron chi connectivity index (χ2n) is 7.29. The number of halogens is 1. The van der Waals surface area contributed by atoms with E-state index in [2.05, 4.69) is 37.6 Å². The minimum absolute atomic E-state index is 0.126. The highest BCUT2D eigenvalue weighted by molar-refractivity contribution is 7.10. The Hall–Kier alpha value is -2.25. The van der Waals surface area contributed by atoms with E-state index in [-0.39, 0.29) is 12.5 Å². The number of carbonyl (C=O) groups is 1. The maximum Gasteiger partial charge on any atom is 0.242 e. The van der Waals surface area contributed by atoms with Crippen LogP contribution in [-0.4, -0.2) is 68.0 Å². The SMILES string of the molecule is CN=C(NCC(=O)N1CCc2sccc2C1)N1CCN(c2cccc(Cl)c2)CC1. The number of guanidine groups is 1. The van der Waals surface area contributed by atoms with Crippen LogP contribution in [0.3, 0.4) is 0 Å². The molecule has 3 heterocycles. The Balaban J connectivity index is 1.27. The standard InChI is InChI=1S/C21H26ClN5OS/c1-23-21(24-14-20(28)27-7-5-19-16(15-27)6-12-29-19)26-10-8-25(9-11-26)18-4-2-3-17(22)13-18/h2-4,6,12-13H,5,7-11,14-15H2,1H3,(H,23,24). The van der Waals surface area contributed by atoms with Crippen molar-refractivity contribution in [3.05, 3.63) is 51.2 Å². The summed E-state index contributed by atoms with van der Waals surface area (Å²) in [5.74, 6) is 0.915. The third kappa shape index (κ3) is 4.67. The molecule has 0 saturated carbocycles. The lowest BCUT2D eigenvalue weighted by molar-refractivity contribution is -0.130. The quantitative estimate of drug-likeness (QED) is 0.599. The van der Waals surface area contributed by atoms with Crippen molar-refractivity contribution in [2.45, 2.75) is 13.0 Å². The summed E-state index contributed by atoms with van der Waals surface area (Å²) in [6, 6.07) is 10.1. The van der Waals surface area contributed by atoms with Gasteiger partial charge in [-0.05, 0) is 41.6 Å². The molecule has 2 aliphatic heterocycles. The number of piperazine rings is 1. The minimum atomic E-state index is 0.126. The molecule has 1 aromatic carbocycles. The van der Waals surface area contributed by atoms with E-state index in [0.717, 1.165) is 62.4 Å². The molecule has 1 N–H and O–H groups in total. The van der Waals surface area contributed by atoms with Crippen LogP contribution in [0.15, 0.2) is 40.7 Å². The van der Waals surface area contributed by atoms with Gasteiger partial charge in [0.15, 0.2) is 5.96 Å². The Bertz CT molecular complexity index is 891. The molecule has 0 aliphatic carbocycles. The first-order valence-electron chi connectivity index (χ1n) is 9.93. The molecule has 2 aliphatic rings. The van der Waals surface area contributed by atoms with Crippen LogP contribution in [0.2, 0.25) is 5.02 Å². The van der Waals surface area contributed by atoms with E-state index in [1.165, 1.54) is 10.4 Å². The molecule has 0 unspecified atom stereocenters. The van der Waals surface area contributed by atoms with Gasteiger partial charge in [0.1, 0.15) is 0 Å². The van der Waals surface area contributed by atoms with Gasteiger partial charge in [0.2, 0.25) is 5.91 Å². The van der Waals surface area contributed by atoms with Gasteiger partial charge in [0.05, 0.1) is 6.54 Å². The zero-order valence-corrected chi connectivity index (χ0v) is 18.2. The van der Waals surface area contributed by atoms with Crippen LogP contribution in [0.4, 0.5) is 5.69 Å². The summed E-state index contributed by atoms with van der Waals surface area (Å²) >= 11 is 7.91. The predicted molar refractivity (Wildman–Crippen MR) is 120 cm³/mol. The number of aliphatic imine (C=N–C) groups is 1. The topological polar surface area (TPSA) is 51.2 Å². The Labute approximate surface area is 180 Å². The van der Waals surface area contributed by atoms with Crippen molar-refractivity contribution in [1.29, 1.82) is 0 Å². The number of hydrogen-bond donors (Lipinski definition) is 1. The van der Waals surface area contributed by atoms with E-state index in [1.54, 1.807) is 18.4 Å². The number of amides is 1. The van der Waals surface area contributed by atoms with Crippen LogP contribution in [0.1, 0.15) is 10.4 Å². The summed E-state index contributed by atoms with van der Waals surface area (Å²) in [5, 5.41) is 6.14. The number of carbonyl (C=O) groups excluding carboxylic acids is 1. The van der Waals surface area contributed by atoms with Crippen LogP contribution in [0.5, 0.6) is 0 Å². The summed E-state index contributed by atoms with van der Waals surface area (Å²) in [6.07, 6.45) is 0.957. The number of nitrogens with zero attached hydrogens (tertiary/aromatic N) is 4. The maximum absolute atomic E-state index is 12.7. The fourth-order valence-electron chi connectivity index (χ4n) is 3.91. The molecule has 0 bridgehead atoms. The summed E-state index contributed by atoms with van der Waals surface area (Å²) in [4.78, 5) is 25.0. The van der Waals surface area contributed by atoms with Gasteiger partial charge in [-0.1, -0.05) is 17.7 Å². The third-order valence-corrected chi connectivity index (χ3v) is 6.78. The van der Waals surface area contributed by atoms with Crippen LogP contribution in [0.25, 0.3) is 0 Å². The molecule has 1 fully saturated rings. The molecule has 1 amide bonds. The van der Waals surface area contributed by atoms with Crippen molar-refractivity contribution in [2.75, 3.05) is 51.2 Å². The molecule has 6 nitrogen and oxygen atoms in total. The second kappa shape index (κ2) is 9.05. The molecule has 0 atom stereocenters. The first kappa shape index (κ1) is 20.0. The Morgan fingerprint density at radius 3 is 2.76 bits per heavy atom. The third-order valence-electron chi connectivity index (χ3n) is 5.52. The van der Waals surface area contributed by atoms with Crippen LogP contribution in [0, 0.1) is 0 Å². The Morgan fingerprint density at radius 2 is 2.00 bits per heavy atom. The molecule has 154 valence electrons. The van der Waals surface area contributed by atoms with Gasteiger partial charge in [-0.3, -0.25) is 9.79 Å². The van der Waals surface area contributed by atoms with Crippen molar-refractivity contribution in [1.82, 2.24) is 15.1 Å². The van der Waals surface area contributed by atoms with Crippen LogP contribution >= 0.6 is 22.9 Å². The van der Waals surface area contributed by atoms with E-state index >= 15 is 0 Å². The largest absolute Gasteiger partial charge is 0.368 e. The van der Waals surface area contributed by atoms with Crippen LogP contribution in [-0.2, 0) is 17.8 Å². The lowest BCUT2D eigenvalue weighted by Gasteiger charge is -2.38. The van der Waals surface area contributed by atoms with Gasteiger partial charge in [0.25, 0.3) is 0 Å². The van der Waals surface area contributed by atoms with Gasteiger partial charge in [0, 0.05) is 61.9 Å². The highest BCUT2D eigenvalue weighted by Gasteiger charge is 2.23. The summed E-state index contributed by atoms with van der Waals surface area (Å²) in [5.41, 5.74) is 2.43. The fourth-order valence-corrected chi connectivity index (χ4v) is 4.98. The van der Waals surface area contributed by atoms with E-state index in [1.807, 2.05) is 23.1 Å². The fraction of sp³-hybridized carbons (Fsp3) is 0.429. The Kier molecular flexibility index (Phi) is 6.25. The number of benzene rings is 1. The molecule has 1 saturated heterocycles. The lowest BCUT2D eigenvalue weighted by atomic mass is 10.1. The monoisotopic (exact) mass is 431 g/mol. The minimum Gasteiger partial charge on any atom is -0.368 e. The van der Waals surface area contributed by atoms with Crippen molar-refractivity contribution in [3.63, 3.8) is 0 Å². The van der Waals surface area contributed by atoms with Crippen molar-refractivity contribution < 1.29 is 4.79 Å². The zero-order valence-electron chi connectivity index (χ0n) is 16.6. The first-order chi connectivity index (χ1) is 14.1. The summed E-state index contributed by atoms with van der Waals surface area (Å²) in [6.45, 7) is 5.27. The molecule has 2 aromatic rings. The second-order valence-corrected chi connectivity index (χ2v) is 8.73. The highest BCUT2D eigenvalue weighted by Crippen LogP contribution is 2.24. The normalized spacial score (nSPS) is 17.3. The number of fused-ring (bicyclic) bond motifs is 1. The van der Waals surface area contributed by atoms with Crippen molar-refractivity contribution in [3.8, 4) is 0 Å². The van der Waals surface area contributed by atoms with Gasteiger partial charge in [-0.2, -0.15) is 0 Å². The molecule has 1 aromatic heterocycles. The smallest absolute Gasteiger partial charge is 0.242 e. The molecular formula is C21H26ClN5OS. The number of thiophene rings is 1. The van der Waals surface area contributed by atoms with Gasteiger partial charge in [-0.15, -0.1) is 11.3 Å². The van der Waals surface area contributed by atoms with Gasteiger partial charge in [-0.25, -0.2) is 0 Å². The lowest BCUT2D eigenvalue weighted by Crippen LogP contribution is -2.54. The zero-order chi connectivity index (χ0) is 20.2. The molecule has 0 spiro atoms. The first-order valence-corrected chi connectivity index (χ1v) is 11.2. The van der Waals surface area contributed by atoms with Gasteiger partial charge >= 0.3 is 0 Å². The maximum atomic E-state index is 12.7. The summed E-state index contributed by atoms with van der Waals surface area (Å²) < 4.78 is 0. The van der Waals surface area contributed by atoms with Crippen molar-refractivity contribution >= 4 is 40.5 Å². The van der Waals surface area contributed by atoms with Crippen molar-refractivity contribution in [2.24, 2.45) is 4.99 Å². The molecule has 8 heteroatoms. The van der Waals surface area contributed by atoms with E-state index in [9.17, 15) is 4.79 Å². The van der Waals surface area contributed by atoms with Gasteiger partial charge < -0.3 is 20.0 Å². The molecule has 0 radical (unpaired) electrons. The number of rotatable bonds is 3. The average Bonchev–Trinajstić information content (AvgIpc) is 3.22. The van der Waals surface area contributed by atoms with Crippen LogP contribution < -0.4 is 10.2 Å². The molecular weight excluding hydrogens is 406 g/mol. The number of anilines is 1. The number of hydrogen-bond acceptors (Lipinski definition) is 4. The summed E-state index contributed by atoms with van der Waals surface area (Å²) in [7, 11) is 1.77. The molecule has 29 heavy (non-hydrogen) atoms. The van der Waals surface area contributed by atoms with E-state index < -0.39 is 0 Å². The highest BCUT2D eigenvalue weighted by atomic mass is 35.5. The molecule has 4 rings (SSSR count). The number of nitrogens with one attached hydrogen (secondary N) is 1. The Morgan fingerprint density at radius 1 is 1.17 bits per heavy atom. The van der Waals surface area contributed by atoms with E-state index in [0.29, 0.717) is 0 Å².